The second kappa shape index (κ2) is 9.81. The van der Waals surface area contributed by atoms with Crippen molar-refractivity contribution < 1.29 is 13.2 Å². The summed E-state index contributed by atoms with van der Waals surface area (Å²) in [6.07, 6.45) is 1.31. The normalized spacial score (nSPS) is 17.0. The number of aromatic nitrogens is 1. The van der Waals surface area contributed by atoms with E-state index in [0.29, 0.717) is 35.3 Å². The van der Waals surface area contributed by atoms with Gasteiger partial charge in [0.1, 0.15) is 4.21 Å². The highest BCUT2D eigenvalue weighted by atomic mass is 32.2. The van der Waals surface area contributed by atoms with E-state index in [-0.39, 0.29) is 12.5 Å². The van der Waals surface area contributed by atoms with Crippen molar-refractivity contribution in [1.82, 2.24) is 9.29 Å². The van der Waals surface area contributed by atoms with Gasteiger partial charge in [-0.25, -0.2) is 13.4 Å². The molecule has 0 spiro atoms. The Labute approximate surface area is 213 Å². The van der Waals surface area contributed by atoms with Crippen molar-refractivity contribution >= 4 is 54.0 Å². The van der Waals surface area contributed by atoms with Gasteiger partial charge in [0.25, 0.3) is 10.0 Å². The average Bonchev–Trinajstić information content (AvgIpc) is 3.57. The van der Waals surface area contributed by atoms with Crippen LogP contribution < -0.4 is 4.90 Å². The van der Waals surface area contributed by atoms with Crippen molar-refractivity contribution in [3.63, 3.8) is 0 Å². The van der Waals surface area contributed by atoms with E-state index >= 15 is 0 Å². The van der Waals surface area contributed by atoms with Gasteiger partial charge in [-0.2, -0.15) is 4.31 Å². The molecule has 5 rings (SSSR count). The monoisotopic (exact) mass is 525 g/mol. The number of thiophene rings is 1. The maximum atomic E-state index is 14.0. The van der Waals surface area contributed by atoms with E-state index in [1.165, 1.54) is 27.0 Å². The third-order valence-electron chi connectivity index (χ3n) is 6.43. The van der Waals surface area contributed by atoms with Crippen molar-refractivity contribution in [2.45, 2.75) is 37.4 Å². The number of aryl methyl sites for hydroxylation is 2. The van der Waals surface area contributed by atoms with Gasteiger partial charge < -0.3 is 0 Å². The molecular weight excluding hydrogens is 499 g/mol. The number of fused-ring (bicyclic) bond motifs is 1. The Morgan fingerprint density at radius 3 is 2.57 bits per heavy atom. The lowest BCUT2D eigenvalue weighted by Crippen LogP contribution is -2.46. The number of benzene rings is 2. The molecule has 0 aliphatic carbocycles. The van der Waals surface area contributed by atoms with Gasteiger partial charge in [-0.1, -0.05) is 59.9 Å². The highest BCUT2D eigenvalue weighted by Gasteiger charge is 2.36. The van der Waals surface area contributed by atoms with Crippen LogP contribution in [0.15, 0.2) is 64.2 Å². The fourth-order valence-electron chi connectivity index (χ4n) is 4.49. The molecule has 4 aromatic rings. The van der Waals surface area contributed by atoms with Gasteiger partial charge >= 0.3 is 0 Å². The number of carbonyl (C=O) groups is 1. The van der Waals surface area contributed by atoms with Gasteiger partial charge in [0.2, 0.25) is 5.91 Å². The quantitative estimate of drug-likeness (QED) is 0.328. The fourth-order valence-corrected chi connectivity index (χ4v) is 8.27. The lowest BCUT2D eigenvalue weighted by atomic mass is 9.98. The Morgan fingerprint density at radius 2 is 1.86 bits per heavy atom. The number of sulfonamides is 1. The first-order valence-electron chi connectivity index (χ1n) is 11.6. The van der Waals surface area contributed by atoms with Crippen LogP contribution >= 0.6 is 22.7 Å². The summed E-state index contributed by atoms with van der Waals surface area (Å²) in [5.41, 5.74) is 4.13. The van der Waals surface area contributed by atoms with Crippen LogP contribution in [-0.4, -0.2) is 36.7 Å². The molecule has 2 aromatic heterocycles. The molecule has 1 atom stereocenters. The van der Waals surface area contributed by atoms with Gasteiger partial charge in [-0.3, -0.25) is 9.69 Å². The lowest BCUT2D eigenvalue weighted by Gasteiger charge is -2.33. The minimum Gasteiger partial charge on any atom is -0.283 e. The SMILES string of the molecule is Cc1ccc(C)c2sc(N(Cc3ccccc3)C(=O)C3CCCN(S(=O)(=O)c4cccs4)C3)nc12. The maximum absolute atomic E-state index is 14.0. The first kappa shape index (κ1) is 24.1. The predicted octanol–water partition coefficient (Wildman–Crippen LogP) is 5.61. The summed E-state index contributed by atoms with van der Waals surface area (Å²) < 4.78 is 29.2. The molecule has 6 nitrogen and oxygen atoms in total. The van der Waals surface area contributed by atoms with Crippen molar-refractivity contribution in [3.8, 4) is 0 Å². The van der Waals surface area contributed by atoms with Crippen LogP contribution in [0.5, 0.6) is 0 Å². The zero-order valence-electron chi connectivity index (χ0n) is 19.7. The van der Waals surface area contributed by atoms with Crippen molar-refractivity contribution in [1.29, 1.82) is 0 Å². The van der Waals surface area contributed by atoms with Crippen LogP contribution in [0.4, 0.5) is 5.13 Å². The summed E-state index contributed by atoms with van der Waals surface area (Å²) >= 11 is 2.74. The van der Waals surface area contributed by atoms with Gasteiger partial charge in [-0.05, 0) is 54.8 Å². The Morgan fingerprint density at radius 1 is 1.09 bits per heavy atom. The predicted molar refractivity (Wildman–Crippen MR) is 143 cm³/mol. The van der Waals surface area contributed by atoms with Crippen molar-refractivity contribution in [3.05, 3.63) is 76.7 Å². The third-order valence-corrected chi connectivity index (χ3v) is 10.9. The number of anilines is 1. The number of nitrogens with zero attached hydrogens (tertiary/aromatic N) is 3. The number of carbonyl (C=O) groups excluding carboxylic acids is 1. The van der Waals surface area contributed by atoms with E-state index in [0.717, 1.165) is 26.9 Å². The average molecular weight is 526 g/mol. The Hall–Kier alpha value is -2.59. The van der Waals surface area contributed by atoms with E-state index in [1.54, 1.807) is 22.4 Å². The van der Waals surface area contributed by atoms with Crippen LogP contribution in [0.3, 0.4) is 0 Å². The number of rotatable bonds is 6. The first-order chi connectivity index (χ1) is 16.8. The second-order valence-electron chi connectivity index (χ2n) is 8.92. The zero-order chi connectivity index (χ0) is 24.6. The topological polar surface area (TPSA) is 70.6 Å². The van der Waals surface area contributed by atoms with Crippen LogP contribution in [-0.2, 0) is 21.4 Å². The molecule has 0 N–H and O–H groups in total. The molecule has 1 saturated heterocycles. The molecule has 0 saturated carbocycles. The molecule has 2 aromatic carbocycles. The highest BCUT2D eigenvalue weighted by Crippen LogP contribution is 2.35. The Bertz CT molecular complexity index is 1410. The molecule has 1 aliphatic heterocycles. The second-order valence-corrected chi connectivity index (χ2v) is 13.0. The third kappa shape index (κ3) is 4.78. The van der Waals surface area contributed by atoms with E-state index < -0.39 is 15.9 Å². The lowest BCUT2D eigenvalue weighted by molar-refractivity contribution is -0.123. The number of piperidine rings is 1. The molecule has 1 aliphatic rings. The summed E-state index contributed by atoms with van der Waals surface area (Å²) in [4.78, 5) is 20.6. The highest BCUT2D eigenvalue weighted by molar-refractivity contribution is 7.91. The minimum absolute atomic E-state index is 0.0747. The zero-order valence-corrected chi connectivity index (χ0v) is 22.1. The molecule has 35 heavy (non-hydrogen) atoms. The first-order valence-corrected chi connectivity index (χ1v) is 14.7. The summed E-state index contributed by atoms with van der Waals surface area (Å²) in [7, 11) is -3.60. The largest absolute Gasteiger partial charge is 0.283 e. The maximum Gasteiger partial charge on any atom is 0.252 e. The van der Waals surface area contributed by atoms with Crippen LogP contribution in [0, 0.1) is 19.8 Å². The molecule has 1 unspecified atom stereocenters. The number of thiazole rings is 1. The van der Waals surface area contributed by atoms with E-state index in [9.17, 15) is 13.2 Å². The van der Waals surface area contributed by atoms with Gasteiger partial charge in [-0.15, -0.1) is 11.3 Å². The van der Waals surface area contributed by atoms with Crippen LogP contribution in [0.2, 0.25) is 0 Å². The van der Waals surface area contributed by atoms with E-state index in [1.807, 2.05) is 37.3 Å². The van der Waals surface area contributed by atoms with Gasteiger partial charge in [0.05, 0.1) is 22.7 Å². The molecule has 1 amide bonds. The van der Waals surface area contributed by atoms with Crippen molar-refractivity contribution in [2.24, 2.45) is 5.92 Å². The standard InChI is InChI=1S/C26H27N3O3S3/c1-18-12-13-19(2)24-23(18)27-26(34-24)29(16-20-8-4-3-5-9-20)25(30)21-10-6-14-28(17-21)35(31,32)22-11-7-15-33-22/h3-5,7-9,11-13,15,21H,6,10,14,16-17H2,1-2H3. The molecule has 182 valence electrons. The summed E-state index contributed by atoms with van der Waals surface area (Å²) in [5, 5.41) is 2.42. The molecule has 0 radical (unpaired) electrons. The minimum atomic E-state index is -3.60. The van der Waals surface area contributed by atoms with Crippen LogP contribution in [0.1, 0.15) is 29.5 Å². The van der Waals surface area contributed by atoms with Gasteiger partial charge in [0.15, 0.2) is 5.13 Å². The summed E-state index contributed by atoms with van der Waals surface area (Å²) in [5.74, 6) is -0.495. The van der Waals surface area contributed by atoms with Crippen molar-refractivity contribution in [2.75, 3.05) is 18.0 Å². The Balaban J connectivity index is 1.48. The van der Waals surface area contributed by atoms with E-state index in [2.05, 4.69) is 19.1 Å². The molecule has 1 fully saturated rings. The molecule has 3 heterocycles. The number of hydrogen-bond acceptors (Lipinski definition) is 6. The summed E-state index contributed by atoms with van der Waals surface area (Å²) in [6.45, 7) is 5.10. The Kier molecular flexibility index (Phi) is 6.76. The number of hydrogen-bond donors (Lipinski definition) is 0. The van der Waals surface area contributed by atoms with Gasteiger partial charge in [0, 0.05) is 13.1 Å². The molecule has 9 heteroatoms. The van der Waals surface area contributed by atoms with E-state index in [4.69, 9.17) is 4.98 Å². The fraction of sp³-hybridized carbons (Fsp3) is 0.308. The summed E-state index contributed by atoms with van der Waals surface area (Å²) in [6, 6.07) is 17.4. The molecule has 0 bridgehead atoms. The molecular formula is C26H27N3O3S3. The van der Waals surface area contributed by atoms with Crippen LogP contribution in [0.25, 0.3) is 10.2 Å². The number of amides is 1. The smallest absolute Gasteiger partial charge is 0.252 e.